The molecule has 2 aromatic rings. The second-order valence-corrected chi connectivity index (χ2v) is 7.83. The number of benzene rings is 2. The highest BCUT2D eigenvalue weighted by Crippen LogP contribution is 2.25. The van der Waals surface area contributed by atoms with E-state index in [2.05, 4.69) is 5.32 Å². The summed E-state index contributed by atoms with van der Waals surface area (Å²) in [4.78, 5) is 27.6. The van der Waals surface area contributed by atoms with Gasteiger partial charge >= 0.3 is 0 Å². The Morgan fingerprint density at radius 2 is 1.65 bits per heavy atom. The van der Waals surface area contributed by atoms with E-state index in [-0.39, 0.29) is 18.4 Å². The van der Waals surface area contributed by atoms with Crippen molar-refractivity contribution in [3.8, 4) is 11.5 Å². The molecule has 1 unspecified atom stereocenters. The van der Waals surface area contributed by atoms with Crippen molar-refractivity contribution in [1.82, 2.24) is 10.2 Å². The van der Waals surface area contributed by atoms with Crippen LogP contribution >= 0.6 is 0 Å². The van der Waals surface area contributed by atoms with Crippen LogP contribution in [0.4, 0.5) is 0 Å². The lowest BCUT2D eigenvalue weighted by molar-refractivity contribution is -0.142. The largest absolute Gasteiger partial charge is 0.493 e. The topological polar surface area (TPSA) is 67.9 Å². The normalized spacial score (nSPS) is 11.6. The van der Waals surface area contributed by atoms with Gasteiger partial charge in [0.05, 0.1) is 7.11 Å². The van der Waals surface area contributed by atoms with Gasteiger partial charge in [0.25, 0.3) is 5.91 Å². The second kappa shape index (κ2) is 12.6. The third-order valence-corrected chi connectivity index (χ3v) is 4.97. The van der Waals surface area contributed by atoms with Crippen LogP contribution in [0.15, 0.2) is 54.6 Å². The molecule has 2 amide bonds. The Kier molecular flexibility index (Phi) is 9.88. The van der Waals surface area contributed by atoms with E-state index >= 15 is 0 Å². The molecule has 0 aliphatic carbocycles. The minimum absolute atomic E-state index is 0.130. The number of carbonyl (C=O) groups excluding carboxylic acids is 2. The van der Waals surface area contributed by atoms with E-state index in [1.165, 1.54) is 0 Å². The molecule has 0 saturated heterocycles. The lowest BCUT2D eigenvalue weighted by Gasteiger charge is -2.30. The molecule has 0 heterocycles. The number of para-hydroxylation sites is 2. The number of hydrogen-bond donors (Lipinski definition) is 1. The van der Waals surface area contributed by atoms with Gasteiger partial charge in [-0.25, -0.2) is 0 Å². The number of nitrogens with zero attached hydrogens (tertiary/aromatic N) is 1. The summed E-state index contributed by atoms with van der Waals surface area (Å²) in [5.74, 6) is 1.04. The van der Waals surface area contributed by atoms with Crippen LogP contribution in [0.1, 0.15) is 32.8 Å². The minimum atomic E-state index is -0.545. The molecule has 1 atom stereocenters. The first kappa shape index (κ1) is 24.3. The van der Waals surface area contributed by atoms with E-state index < -0.39 is 6.04 Å². The third kappa shape index (κ3) is 7.63. The fourth-order valence-electron chi connectivity index (χ4n) is 3.28. The summed E-state index contributed by atoms with van der Waals surface area (Å²) in [7, 11) is 1.56. The van der Waals surface area contributed by atoms with Gasteiger partial charge in [0, 0.05) is 13.1 Å². The molecule has 1 N–H and O–H groups in total. The first-order chi connectivity index (χ1) is 15.0. The first-order valence-corrected chi connectivity index (χ1v) is 10.8. The zero-order valence-electron chi connectivity index (χ0n) is 19.0. The first-order valence-electron chi connectivity index (χ1n) is 10.8. The van der Waals surface area contributed by atoms with Crippen molar-refractivity contribution in [3.05, 3.63) is 60.2 Å². The van der Waals surface area contributed by atoms with Gasteiger partial charge in [0.1, 0.15) is 6.04 Å². The van der Waals surface area contributed by atoms with Crippen LogP contribution in [-0.4, -0.2) is 49.6 Å². The van der Waals surface area contributed by atoms with Crippen LogP contribution in [0.5, 0.6) is 11.5 Å². The highest BCUT2D eigenvalue weighted by molar-refractivity contribution is 5.88. The van der Waals surface area contributed by atoms with Gasteiger partial charge in [0.15, 0.2) is 18.1 Å². The number of methoxy groups -OCH3 is 1. The van der Waals surface area contributed by atoms with Crippen LogP contribution < -0.4 is 14.8 Å². The minimum Gasteiger partial charge on any atom is -0.493 e. The summed E-state index contributed by atoms with van der Waals surface area (Å²) in [5.41, 5.74) is 1.11. The maximum Gasteiger partial charge on any atom is 0.261 e. The Morgan fingerprint density at radius 1 is 1.00 bits per heavy atom. The van der Waals surface area contributed by atoms with Crippen molar-refractivity contribution < 1.29 is 19.1 Å². The third-order valence-electron chi connectivity index (χ3n) is 4.97. The average molecular weight is 427 g/mol. The Morgan fingerprint density at radius 3 is 2.26 bits per heavy atom. The Bertz CT molecular complexity index is 823. The monoisotopic (exact) mass is 426 g/mol. The summed E-state index contributed by atoms with van der Waals surface area (Å²) < 4.78 is 11.0. The van der Waals surface area contributed by atoms with Crippen molar-refractivity contribution in [2.45, 2.75) is 39.7 Å². The van der Waals surface area contributed by atoms with E-state index in [1.807, 2.05) is 63.2 Å². The zero-order valence-corrected chi connectivity index (χ0v) is 19.0. The van der Waals surface area contributed by atoms with E-state index in [9.17, 15) is 9.59 Å². The maximum atomic E-state index is 13.2. The molecule has 0 aliphatic rings. The van der Waals surface area contributed by atoms with Crippen molar-refractivity contribution >= 4 is 11.8 Å². The maximum absolute atomic E-state index is 13.2. The molecule has 0 aliphatic heterocycles. The number of nitrogens with one attached hydrogen (secondary N) is 1. The van der Waals surface area contributed by atoms with E-state index in [1.54, 1.807) is 24.1 Å². The van der Waals surface area contributed by atoms with Gasteiger partial charge in [-0.1, -0.05) is 63.2 Å². The van der Waals surface area contributed by atoms with Gasteiger partial charge < -0.3 is 19.7 Å². The highest BCUT2D eigenvalue weighted by atomic mass is 16.5. The van der Waals surface area contributed by atoms with Crippen molar-refractivity contribution in [2.75, 3.05) is 26.8 Å². The zero-order chi connectivity index (χ0) is 22.6. The van der Waals surface area contributed by atoms with Gasteiger partial charge in [-0.05, 0) is 36.5 Å². The average Bonchev–Trinajstić information content (AvgIpc) is 2.79. The summed E-state index contributed by atoms with van der Waals surface area (Å²) in [6.45, 7) is 6.85. The quantitative estimate of drug-likeness (QED) is 0.562. The number of amides is 2. The molecular weight excluding hydrogens is 392 g/mol. The SMILES string of the molecule is CCC(C(=O)NCC(C)C)N(CCc1ccccc1)C(=O)COc1ccccc1OC. The summed E-state index contributed by atoms with van der Waals surface area (Å²) in [6.07, 6.45) is 1.19. The molecule has 2 rings (SSSR count). The van der Waals surface area contributed by atoms with Crippen LogP contribution in [-0.2, 0) is 16.0 Å². The number of rotatable bonds is 12. The van der Waals surface area contributed by atoms with Gasteiger partial charge in [-0.3, -0.25) is 9.59 Å². The molecule has 0 aromatic heterocycles. The summed E-state index contributed by atoms with van der Waals surface area (Å²) >= 11 is 0. The van der Waals surface area contributed by atoms with Crippen molar-refractivity contribution in [2.24, 2.45) is 5.92 Å². The van der Waals surface area contributed by atoms with Crippen molar-refractivity contribution in [3.63, 3.8) is 0 Å². The fraction of sp³-hybridized carbons (Fsp3) is 0.440. The van der Waals surface area contributed by atoms with Crippen LogP contribution in [0.3, 0.4) is 0 Å². The van der Waals surface area contributed by atoms with Gasteiger partial charge in [-0.2, -0.15) is 0 Å². The predicted octanol–water partition coefficient (Wildman–Crippen LogP) is 3.70. The number of hydrogen-bond acceptors (Lipinski definition) is 4. The highest BCUT2D eigenvalue weighted by Gasteiger charge is 2.28. The molecule has 0 bridgehead atoms. The molecule has 31 heavy (non-hydrogen) atoms. The van der Waals surface area contributed by atoms with Crippen molar-refractivity contribution in [1.29, 1.82) is 0 Å². The van der Waals surface area contributed by atoms with Gasteiger partial charge in [0.2, 0.25) is 5.91 Å². The Labute approximate surface area is 185 Å². The molecule has 6 heteroatoms. The standard InChI is InChI=1S/C25H34N2O4/c1-5-21(25(29)26-17-19(2)3)27(16-15-20-11-7-6-8-12-20)24(28)18-31-23-14-10-9-13-22(23)30-4/h6-14,19,21H,5,15-18H2,1-4H3,(H,26,29). The Hall–Kier alpha value is -3.02. The lowest BCUT2D eigenvalue weighted by atomic mass is 10.1. The summed E-state index contributed by atoms with van der Waals surface area (Å²) in [6, 6.07) is 16.6. The molecule has 0 spiro atoms. The smallest absolute Gasteiger partial charge is 0.261 e. The fourth-order valence-corrected chi connectivity index (χ4v) is 3.28. The van der Waals surface area contributed by atoms with E-state index in [0.717, 1.165) is 5.56 Å². The van der Waals surface area contributed by atoms with Crippen LogP contribution in [0.25, 0.3) is 0 Å². The second-order valence-electron chi connectivity index (χ2n) is 7.83. The molecule has 168 valence electrons. The molecule has 0 radical (unpaired) electrons. The van der Waals surface area contributed by atoms with Crippen LogP contribution in [0, 0.1) is 5.92 Å². The molecule has 0 saturated carbocycles. The van der Waals surface area contributed by atoms with Crippen LogP contribution in [0.2, 0.25) is 0 Å². The number of carbonyl (C=O) groups is 2. The molecular formula is C25H34N2O4. The predicted molar refractivity (Wildman–Crippen MR) is 122 cm³/mol. The van der Waals surface area contributed by atoms with E-state index in [4.69, 9.17) is 9.47 Å². The molecule has 6 nitrogen and oxygen atoms in total. The lowest BCUT2D eigenvalue weighted by Crippen LogP contribution is -2.51. The molecule has 2 aromatic carbocycles. The molecule has 0 fully saturated rings. The summed E-state index contributed by atoms with van der Waals surface area (Å²) in [5, 5.41) is 2.97. The van der Waals surface area contributed by atoms with E-state index in [0.29, 0.717) is 43.3 Å². The Balaban J connectivity index is 2.14. The number of ether oxygens (including phenoxy) is 2. The van der Waals surface area contributed by atoms with Gasteiger partial charge in [-0.15, -0.1) is 0 Å².